The van der Waals surface area contributed by atoms with Gasteiger partial charge in [0.15, 0.2) is 0 Å². The van der Waals surface area contributed by atoms with Crippen LogP contribution in [0.1, 0.15) is 12.8 Å². The number of rotatable bonds is 5. The molecule has 0 bridgehead atoms. The van der Waals surface area contributed by atoms with Crippen LogP contribution in [-0.2, 0) is 4.79 Å². The Labute approximate surface area is 61.3 Å². The van der Waals surface area contributed by atoms with Crippen LogP contribution in [0.3, 0.4) is 0 Å². The first-order valence-electron chi connectivity index (χ1n) is 3.29. The summed E-state index contributed by atoms with van der Waals surface area (Å²) in [4.78, 5) is 10.6. The maximum absolute atomic E-state index is 10.6. The molecule has 3 heteroatoms. The number of hydrogen-bond donors (Lipinski definition) is 2. The lowest BCUT2D eigenvalue weighted by molar-refractivity contribution is -0.120. The van der Waals surface area contributed by atoms with E-state index in [0.29, 0.717) is 0 Å². The molecule has 3 N–H and O–H groups in total. The molecule has 0 aliphatic rings. The predicted molar refractivity (Wildman–Crippen MR) is 41.5 cm³/mol. The molecular weight excluding hydrogens is 128 g/mol. The van der Waals surface area contributed by atoms with Gasteiger partial charge in [-0.25, -0.2) is 0 Å². The monoisotopic (exact) mass is 142 g/mol. The standard InChI is InChI=1S/C7H14N2O/c1-3-4-5-6(9-2)7(8)10/h3,6,9H,1,4-5H2,2H3,(H2,8,10). The molecule has 0 saturated heterocycles. The average Bonchev–Trinajstić information content (AvgIpc) is 1.89. The third kappa shape index (κ3) is 3.25. The summed E-state index contributed by atoms with van der Waals surface area (Å²) in [6.45, 7) is 3.55. The maximum atomic E-state index is 10.6. The van der Waals surface area contributed by atoms with Gasteiger partial charge in [0, 0.05) is 0 Å². The molecule has 1 amide bonds. The Bertz CT molecular complexity index is 123. The fourth-order valence-electron chi connectivity index (χ4n) is 0.713. The third-order valence-electron chi connectivity index (χ3n) is 1.35. The van der Waals surface area contributed by atoms with E-state index in [2.05, 4.69) is 11.9 Å². The number of carbonyl (C=O) groups is 1. The van der Waals surface area contributed by atoms with Crippen molar-refractivity contribution in [2.75, 3.05) is 7.05 Å². The Morgan fingerprint density at radius 2 is 2.50 bits per heavy atom. The lowest BCUT2D eigenvalue weighted by Gasteiger charge is -2.09. The third-order valence-corrected chi connectivity index (χ3v) is 1.35. The van der Waals surface area contributed by atoms with E-state index in [1.54, 1.807) is 13.1 Å². The number of nitrogens with two attached hydrogens (primary N) is 1. The van der Waals surface area contributed by atoms with Gasteiger partial charge >= 0.3 is 0 Å². The van der Waals surface area contributed by atoms with Crippen molar-refractivity contribution in [1.29, 1.82) is 0 Å². The number of amides is 1. The Hall–Kier alpha value is -0.830. The second-order valence-corrected chi connectivity index (χ2v) is 2.11. The van der Waals surface area contributed by atoms with Crippen molar-refractivity contribution < 1.29 is 4.79 Å². The van der Waals surface area contributed by atoms with E-state index in [1.807, 2.05) is 0 Å². The Morgan fingerprint density at radius 3 is 2.80 bits per heavy atom. The van der Waals surface area contributed by atoms with Gasteiger partial charge in [0.05, 0.1) is 6.04 Å². The highest BCUT2D eigenvalue weighted by molar-refractivity contribution is 5.79. The van der Waals surface area contributed by atoms with Crippen LogP contribution in [0.4, 0.5) is 0 Å². The molecule has 0 aliphatic carbocycles. The maximum Gasteiger partial charge on any atom is 0.234 e. The summed E-state index contributed by atoms with van der Waals surface area (Å²) in [5.41, 5.74) is 5.05. The van der Waals surface area contributed by atoms with Crippen molar-refractivity contribution in [1.82, 2.24) is 5.32 Å². The first kappa shape index (κ1) is 9.17. The fourth-order valence-corrected chi connectivity index (χ4v) is 0.713. The molecule has 0 rings (SSSR count). The Morgan fingerprint density at radius 1 is 1.90 bits per heavy atom. The predicted octanol–water partition coefficient (Wildman–Crippen LogP) is 0.0259. The average molecular weight is 142 g/mol. The Kier molecular flexibility index (Phi) is 4.58. The fraction of sp³-hybridized carbons (Fsp3) is 0.571. The quantitative estimate of drug-likeness (QED) is 0.532. The van der Waals surface area contributed by atoms with Crippen molar-refractivity contribution in [2.24, 2.45) is 5.73 Å². The van der Waals surface area contributed by atoms with Gasteiger partial charge in [0.2, 0.25) is 5.91 Å². The molecule has 0 spiro atoms. The highest BCUT2D eigenvalue weighted by atomic mass is 16.1. The number of carbonyl (C=O) groups excluding carboxylic acids is 1. The van der Waals surface area contributed by atoms with E-state index in [-0.39, 0.29) is 11.9 Å². The lowest BCUT2D eigenvalue weighted by Crippen LogP contribution is -2.38. The molecule has 0 aliphatic heterocycles. The highest BCUT2D eigenvalue weighted by Gasteiger charge is 2.09. The molecular formula is C7H14N2O. The van der Waals surface area contributed by atoms with Crippen LogP contribution in [0.15, 0.2) is 12.7 Å². The van der Waals surface area contributed by atoms with E-state index in [1.165, 1.54) is 0 Å². The minimum atomic E-state index is -0.302. The van der Waals surface area contributed by atoms with Gasteiger partial charge in [-0.2, -0.15) is 0 Å². The van der Waals surface area contributed by atoms with Crippen LogP contribution in [0, 0.1) is 0 Å². The molecule has 1 atom stereocenters. The molecule has 0 aromatic heterocycles. The largest absolute Gasteiger partial charge is 0.368 e. The molecule has 0 saturated carbocycles. The summed E-state index contributed by atoms with van der Waals surface area (Å²) in [7, 11) is 1.72. The summed E-state index contributed by atoms with van der Waals surface area (Å²) in [5.74, 6) is -0.302. The zero-order valence-electron chi connectivity index (χ0n) is 6.26. The van der Waals surface area contributed by atoms with Gasteiger partial charge in [0.25, 0.3) is 0 Å². The summed E-state index contributed by atoms with van der Waals surface area (Å²) in [5, 5.41) is 2.81. The first-order chi connectivity index (χ1) is 4.72. The number of likely N-dealkylation sites (N-methyl/N-ethyl adjacent to an activating group) is 1. The van der Waals surface area contributed by atoms with E-state index < -0.39 is 0 Å². The van der Waals surface area contributed by atoms with E-state index in [0.717, 1.165) is 12.8 Å². The molecule has 0 aromatic carbocycles. The van der Waals surface area contributed by atoms with Gasteiger partial charge in [-0.3, -0.25) is 4.79 Å². The normalized spacial score (nSPS) is 12.5. The number of nitrogens with one attached hydrogen (secondary N) is 1. The minimum Gasteiger partial charge on any atom is -0.368 e. The minimum absolute atomic E-state index is 0.210. The van der Waals surface area contributed by atoms with E-state index in [9.17, 15) is 4.79 Å². The molecule has 0 aromatic rings. The summed E-state index contributed by atoms with van der Waals surface area (Å²) < 4.78 is 0. The topological polar surface area (TPSA) is 55.1 Å². The van der Waals surface area contributed by atoms with Crippen molar-refractivity contribution in [2.45, 2.75) is 18.9 Å². The van der Waals surface area contributed by atoms with Crippen LogP contribution in [0.5, 0.6) is 0 Å². The highest BCUT2D eigenvalue weighted by Crippen LogP contribution is 1.95. The zero-order chi connectivity index (χ0) is 7.98. The SMILES string of the molecule is C=CCCC(NC)C(N)=O. The second kappa shape index (κ2) is 4.99. The zero-order valence-corrected chi connectivity index (χ0v) is 6.26. The molecule has 0 heterocycles. The first-order valence-corrected chi connectivity index (χ1v) is 3.29. The molecule has 1 unspecified atom stereocenters. The summed E-state index contributed by atoms with van der Waals surface area (Å²) in [6, 6.07) is -0.210. The van der Waals surface area contributed by atoms with Gasteiger partial charge in [-0.15, -0.1) is 6.58 Å². The van der Waals surface area contributed by atoms with Crippen LogP contribution in [0.25, 0.3) is 0 Å². The number of hydrogen-bond acceptors (Lipinski definition) is 2. The van der Waals surface area contributed by atoms with Crippen LogP contribution in [0.2, 0.25) is 0 Å². The molecule has 0 fully saturated rings. The smallest absolute Gasteiger partial charge is 0.234 e. The van der Waals surface area contributed by atoms with Crippen LogP contribution >= 0.6 is 0 Å². The van der Waals surface area contributed by atoms with Crippen LogP contribution < -0.4 is 11.1 Å². The number of primary amides is 1. The Balaban J connectivity index is 3.60. The summed E-state index contributed by atoms with van der Waals surface area (Å²) >= 11 is 0. The van der Waals surface area contributed by atoms with E-state index in [4.69, 9.17) is 5.73 Å². The molecule has 3 nitrogen and oxygen atoms in total. The lowest BCUT2D eigenvalue weighted by atomic mass is 10.1. The van der Waals surface area contributed by atoms with Gasteiger partial charge in [-0.1, -0.05) is 6.08 Å². The van der Waals surface area contributed by atoms with Crippen LogP contribution in [-0.4, -0.2) is 19.0 Å². The second-order valence-electron chi connectivity index (χ2n) is 2.11. The van der Waals surface area contributed by atoms with Crippen molar-refractivity contribution in [3.05, 3.63) is 12.7 Å². The summed E-state index contributed by atoms with van der Waals surface area (Å²) in [6.07, 6.45) is 3.32. The van der Waals surface area contributed by atoms with Crippen molar-refractivity contribution in [3.8, 4) is 0 Å². The molecule has 10 heavy (non-hydrogen) atoms. The number of allylic oxidation sites excluding steroid dienone is 1. The van der Waals surface area contributed by atoms with Gasteiger partial charge in [0.1, 0.15) is 0 Å². The van der Waals surface area contributed by atoms with Gasteiger partial charge in [-0.05, 0) is 19.9 Å². The van der Waals surface area contributed by atoms with Crippen molar-refractivity contribution in [3.63, 3.8) is 0 Å². The van der Waals surface area contributed by atoms with E-state index >= 15 is 0 Å². The molecule has 58 valence electrons. The molecule has 0 radical (unpaired) electrons. The van der Waals surface area contributed by atoms with Gasteiger partial charge < -0.3 is 11.1 Å². The van der Waals surface area contributed by atoms with Crippen molar-refractivity contribution >= 4 is 5.91 Å².